The van der Waals surface area contributed by atoms with E-state index in [4.69, 9.17) is 12.2 Å². The van der Waals surface area contributed by atoms with Gasteiger partial charge in [0.15, 0.2) is 5.11 Å². The highest BCUT2D eigenvalue weighted by Crippen LogP contribution is 2.28. The predicted octanol–water partition coefficient (Wildman–Crippen LogP) is 2.65. The molecule has 3 rings (SSSR count). The molecule has 2 aromatic rings. The van der Waals surface area contributed by atoms with E-state index in [9.17, 15) is 0 Å². The van der Waals surface area contributed by atoms with Crippen molar-refractivity contribution in [2.75, 3.05) is 23.9 Å². The summed E-state index contributed by atoms with van der Waals surface area (Å²) in [5, 5.41) is 0.683. The summed E-state index contributed by atoms with van der Waals surface area (Å²) in [4.78, 5) is 4.17. The normalized spacial score (nSPS) is 17.7. The number of thiocarbonyl (C=S) groups is 1. The summed E-state index contributed by atoms with van der Waals surface area (Å²) in [6, 6.07) is 18.6. The summed E-state index contributed by atoms with van der Waals surface area (Å²) in [5.74, 6) is 0. The molecule has 0 aromatic heterocycles. The number of anilines is 2. The van der Waals surface area contributed by atoms with E-state index in [1.807, 2.05) is 32.3 Å². The molecule has 108 valence electrons. The Hall–Kier alpha value is -2.11. The highest BCUT2D eigenvalue weighted by Gasteiger charge is 2.29. The largest absolute Gasteiger partial charge is 0.378 e. The van der Waals surface area contributed by atoms with Crippen LogP contribution in [0.4, 0.5) is 11.4 Å². The fraction of sp³-hybridized carbons (Fsp3) is 0.188. The number of nitrogens with one attached hydrogen (secondary N) is 2. The summed E-state index contributed by atoms with van der Waals surface area (Å²) in [7, 11) is 4.07. The molecule has 0 aliphatic carbocycles. The van der Waals surface area contributed by atoms with Gasteiger partial charge >= 0.3 is 0 Å². The molecule has 2 N–H and O–H groups in total. The number of benzene rings is 2. The van der Waals surface area contributed by atoms with Crippen LogP contribution in [-0.2, 0) is 0 Å². The molecular formula is C16H18N4S. The molecule has 1 aliphatic heterocycles. The van der Waals surface area contributed by atoms with Crippen LogP contribution in [0.5, 0.6) is 0 Å². The Balaban J connectivity index is 1.91. The lowest BCUT2D eigenvalue weighted by Crippen LogP contribution is -2.29. The van der Waals surface area contributed by atoms with Crippen molar-refractivity contribution in [2.45, 2.75) is 6.17 Å². The maximum Gasteiger partial charge on any atom is 0.189 e. The molecule has 1 atom stereocenters. The Labute approximate surface area is 130 Å². The number of hydrogen-bond donors (Lipinski definition) is 2. The molecular weight excluding hydrogens is 280 g/mol. The van der Waals surface area contributed by atoms with Crippen LogP contribution in [0, 0.1) is 0 Å². The smallest absolute Gasteiger partial charge is 0.189 e. The van der Waals surface area contributed by atoms with E-state index in [1.165, 1.54) is 5.69 Å². The van der Waals surface area contributed by atoms with Crippen molar-refractivity contribution in [2.24, 2.45) is 0 Å². The molecule has 0 spiro atoms. The molecule has 0 unspecified atom stereocenters. The molecule has 5 heteroatoms. The van der Waals surface area contributed by atoms with Crippen molar-refractivity contribution in [3.63, 3.8) is 0 Å². The number of nitrogens with zero attached hydrogens (tertiary/aromatic N) is 2. The number of hydrogen-bond acceptors (Lipinski definition) is 3. The van der Waals surface area contributed by atoms with Crippen LogP contribution in [0.25, 0.3) is 0 Å². The van der Waals surface area contributed by atoms with E-state index in [-0.39, 0.29) is 6.17 Å². The summed E-state index contributed by atoms with van der Waals surface area (Å²) in [6.45, 7) is 0. The van der Waals surface area contributed by atoms with Crippen LogP contribution in [0.3, 0.4) is 0 Å². The third-order valence-corrected chi connectivity index (χ3v) is 3.85. The Bertz CT molecular complexity index is 624. The highest BCUT2D eigenvalue weighted by molar-refractivity contribution is 7.80. The van der Waals surface area contributed by atoms with Crippen molar-refractivity contribution in [1.82, 2.24) is 10.9 Å². The first-order valence-corrected chi connectivity index (χ1v) is 7.25. The monoisotopic (exact) mass is 298 g/mol. The molecule has 0 bridgehead atoms. The minimum Gasteiger partial charge on any atom is -0.378 e. The number of rotatable bonds is 3. The summed E-state index contributed by atoms with van der Waals surface area (Å²) >= 11 is 5.41. The number of para-hydroxylation sites is 1. The van der Waals surface area contributed by atoms with E-state index < -0.39 is 0 Å². The Morgan fingerprint density at radius 1 is 1.00 bits per heavy atom. The molecule has 0 saturated carbocycles. The first kappa shape index (κ1) is 13.9. The van der Waals surface area contributed by atoms with Gasteiger partial charge in [0.1, 0.15) is 6.17 Å². The zero-order valence-corrected chi connectivity index (χ0v) is 12.9. The lowest BCUT2D eigenvalue weighted by atomic mass is 10.1. The van der Waals surface area contributed by atoms with E-state index in [2.05, 4.69) is 57.0 Å². The minimum absolute atomic E-state index is 0.00360. The standard InChI is InChI=1S/C16H18N4S/c1-19(2)13-10-8-12(9-11-13)15-17-18-16(21)20(15)14-6-4-3-5-7-14/h3-11,15,17H,1-2H3,(H,18,21)/t15-/m0/s1. The second kappa shape index (κ2) is 5.71. The first-order valence-electron chi connectivity index (χ1n) is 6.84. The quantitative estimate of drug-likeness (QED) is 0.851. The van der Waals surface area contributed by atoms with Crippen LogP contribution >= 0.6 is 12.2 Å². The van der Waals surface area contributed by atoms with Gasteiger partial charge in [-0.05, 0) is 42.0 Å². The van der Waals surface area contributed by atoms with Gasteiger partial charge in [-0.1, -0.05) is 30.3 Å². The molecule has 1 heterocycles. The fourth-order valence-corrected chi connectivity index (χ4v) is 2.68. The van der Waals surface area contributed by atoms with Gasteiger partial charge in [-0.2, -0.15) is 0 Å². The van der Waals surface area contributed by atoms with Gasteiger partial charge in [-0.25, -0.2) is 5.43 Å². The van der Waals surface area contributed by atoms with Crippen LogP contribution in [0.2, 0.25) is 0 Å². The third kappa shape index (κ3) is 2.70. The van der Waals surface area contributed by atoms with E-state index >= 15 is 0 Å². The zero-order chi connectivity index (χ0) is 14.8. The van der Waals surface area contributed by atoms with Gasteiger partial charge < -0.3 is 4.90 Å². The third-order valence-electron chi connectivity index (χ3n) is 3.55. The molecule has 2 aromatic carbocycles. The maximum absolute atomic E-state index is 5.41. The van der Waals surface area contributed by atoms with Gasteiger partial charge in [0, 0.05) is 25.5 Å². The fourth-order valence-electron chi connectivity index (χ4n) is 2.41. The van der Waals surface area contributed by atoms with E-state index in [0.717, 1.165) is 11.3 Å². The van der Waals surface area contributed by atoms with Crippen molar-refractivity contribution >= 4 is 28.7 Å². The Morgan fingerprint density at radius 3 is 2.29 bits per heavy atom. The highest BCUT2D eigenvalue weighted by atomic mass is 32.1. The van der Waals surface area contributed by atoms with Gasteiger partial charge in [-0.3, -0.25) is 10.3 Å². The molecule has 1 saturated heterocycles. The lowest BCUT2D eigenvalue weighted by molar-refractivity contribution is 0.586. The maximum atomic E-state index is 5.41. The molecule has 0 radical (unpaired) electrons. The van der Waals surface area contributed by atoms with Crippen molar-refractivity contribution in [3.05, 3.63) is 60.2 Å². The molecule has 1 aliphatic rings. The van der Waals surface area contributed by atoms with Gasteiger partial charge in [0.05, 0.1) is 0 Å². The average molecular weight is 298 g/mol. The Kier molecular flexibility index (Phi) is 3.77. The minimum atomic E-state index is -0.00360. The molecule has 1 fully saturated rings. The summed E-state index contributed by atoms with van der Waals surface area (Å²) < 4.78 is 0. The topological polar surface area (TPSA) is 30.5 Å². The summed E-state index contributed by atoms with van der Waals surface area (Å²) in [5.41, 5.74) is 9.71. The van der Waals surface area contributed by atoms with E-state index in [1.54, 1.807) is 0 Å². The van der Waals surface area contributed by atoms with Gasteiger partial charge in [0.25, 0.3) is 0 Å². The van der Waals surface area contributed by atoms with Crippen LogP contribution in [-0.4, -0.2) is 19.2 Å². The summed E-state index contributed by atoms with van der Waals surface area (Å²) in [6.07, 6.45) is -0.00360. The molecule has 21 heavy (non-hydrogen) atoms. The van der Waals surface area contributed by atoms with Crippen molar-refractivity contribution in [1.29, 1.82) is 0 Å². The average Bonchev–Trinajstić information content (AvgIpc) is 2.90. The van der Waals surface area contributed by atoms with Gasteiger partial charge in [-0.15, -0.1) is 0 Å². The second-order valence-electron chi connectivity index (χ2n) is 5.17. The van der Waals surface area contributed by atoms with Crippen LogP contribution in [0.1, 0.15) is 11.7 Å². The van der Waals surface area contributed by atoms with Gasteiger partial charge in [0.2, 0.25) is 0 Å². The van der Waals surface area contributed by atoms with Crippen LogP contribution < -0.4 is 20.7 Å². The predicted molar refractivity (Wildman–Crippen MR) is 91.3 cm³/mol. The Morgan fingerprint density at radius 2 is 1.67 bits per heavy atom. The molecule has 0 amide bonds. The first-order chi connectivity index (χ1) is 10.2. The second-order valence-corrected chi connectivity index (χ2v) is 5.56. The van der Waals surface area contributed by atoms with Crippen molar-refractivity contribution < 1.29 is 0 Å². The lowest BCUT2D eigenvalue weighted by Gasteiger charge is -2.25. The zero-order valence-electron chi connectivity index (χ0n) is 12.1. The SMILES string of the molecule is CN(C)c1ccc([C@H]2NNC(=S)N2c2ccccc2)cc1. The van der Waals surface area contributed by atoms with Crippen molar-refractivity contribution in [3.8, 4) is 0 Å². The number of hydrazine groups is 1. The molecule has 4 nitrogen and oxygen atoms in total. The van der Waals surface area contributed by atoms with E-state index in [0.29, 0.717) is 5.11 Å². The van der Waals surface area contributed by atoms with Crippen LogP contribution in [0.15, 0.2) is 54.6 Å².